The fraction of sp³-hybridized carbons (Fsp3) is 0.588. The molecule has 2 rings (SSSR count). The third-order valence-corrected chi connectivity index (χ3v) is 3.99. The van der Waals surface area contributed by atoms with E-state index in [1.54, 1.807) is 0 Å². The first-order valence-electron chi connectivity index (χ1n) is 7.79. The molecule has 1 atom stereocenters. The highest BCUT2D eigenvalue weighted by Gasteiger charge is 2.36. The third kappa shape index (κ3) is 5.48. The number of nitrogens with two attached hydrogens (primary N) is 1. The smallest absolute Gasteiger partial charge is 0.237 e. The van der Waals surface area contributed by atoms with Crippen LogP contribution >= 0.6 is 0 Å². The SMILES string of the molecule is CC(CCOCCCc1ccccc1)(NC1CC1)C(N)=O. The summed E-state index contributed by atoms with van der Waals surface area (Å²) in [5, 5.41) is 3.33. The number of primary amides is 1. The summed E-state index contributed by atoms with van der Waals surface area (Å²) < 4.78 is 5.66. The number of carbonyl (C=O) groups excluding carboxylic acids is 1. The molecule has 116 valence electrons. The van der Waals surface area contributed by atoms with Crippen LogP contribution in [0.4, 0.5) is 0 Å². The van der Waals surface area contributed by atoms with E-state index in [-0.39, 0.29) is 5.91 Å². The molecule has 1 aliphatic rings. The molecule has 1 aromatic carbocycles. The Kier molecular flexibility index (Phi) is 5.76. The van der Waals surface area contributed by atoms with Crippen molar-refractivity contribution in [3.05, 3.63) is 35.9 Å². The van der Waals surface area contributed by atoms with Gasteiger partial charge in [-0.25, -0.2) is 0 Å². The average molecular weight is 290 g/mol. The zero-order valence-electron chi connectivity index (χ0n) is 12.8. The van der Waals surface area contributed by atoms with Gasteiger partial charge >= 0.3 is 0 Å². The van der Waals surface area contributed by atoms with Crippen molar-refractivity contribution in [2.24, 2.45) is 5.73 Å². The van der Waals surface area contributed by atoms with E-state index < -0.39 is 5.54 Å². The van der Waals surface area contributed by atoms with E-state index >= 15 is 0 Å². The van der Waals surface area contributed by atoms with Gasteiger partial charge in [0.2, 0.25) is 5.91 Å². The standard InChI is InChI=1S/C17H26N2O2/c1-17(16(18)20,19-15-9-10-15)11-13-21-12-5-8-14-6-3-2-4-7-14/h2-4,6-7,15,19H,5,8-13H2,1H3,(H2,18,20). The maximum Gasteiger partial charge on any atom is 0.237 e. The van der Waals surface area contributed by atoms with Crippen LogP contribution in [0.25, 0.3) is 0 Å². The van der Waals surface area contributed by atoms with Crippen LogP contribution in [0.15, 0.2) is 30.3 Å². The lowest BCUT2D eigenvalue weighted by Gasteiger charge is -2.27. The monoisotopic (exact) mass is 290 g/mol. The molecule has 0 radical (unpaired) electrons. The van der Waals surface area contributed by atoms with Gasteiger partial charge in [-0.1, -0.05) is 30.3 Å². The first kappa shape index (κ1) is 16.0. The van der Waals surface area contributed by atoms with E-state index in [1.807, 2.05) is 13.0 Å². The zero-order valence-corrected chi connectivity index (χ0v) is 12.8. The molecule has 4 nitrogen and oxygen atoms in total. The van der Waals surface area contributed by atoms with E-state index in [9.17, 15) is 4.79 Å². The fourth-order valence-corrected chi connectivity index (χ4v) is 2.35. The lowest BCUT2D eigenvalue weighted by atomic mass is 9.97. The number of carbonyl (C=O) groups is 1. The molecule has 1 aliphatic carbocycles. The van der Waals surface area contributed by atoms with Gasteiger partial charge in [0.05, 0.1) is 5.54 Å². The van der Waals surface area contributed by atoms with Gasteiger partial charge in [-0.15, -0.1) is 0 Å². The summed E-state index contributed by atoms with van der Waals surface area (Å²) in [5.41, 5.74) is 6.20. The van der Waals surface area contributed by atoms with Crippen LogP contribution in [0.5, 0.6) is 0 Å². The van der Waals surface area contributed by atoms with Crippen molar-refractivity contribution in [1.29, 1.82) is 0 Å². The summed E-state index contributed by atoms with van der Waals surface area (Å²) in [5.74, 6) is -0.290. The Morgan fingerprint density at radius 2 is 2.05 bits per heavy atom. The first-order chi connectivity index (χ1) is 10.1. The van der Waals surface area contributed by atoms with Crippen molar-refractivity contribution in [3.8, 4) is 0 Å². The van der Waals surface area contributed by atoms with Crippen molar-refractivity contribution < 1.29 is 9.53 Å². The van der Waals surface area contributed by atoms with E-state index in [0.29, 0.717) is 25.7 Å². The molecular formula is C17H26N2O2. The highest BCUT2D eigenvalue weighted by Crippen LogP contribution is 2.24. The van der Waals surface area contributed by atoms with Gasteiger partial charge in [-0.05, 0) is 44.6 Å². The molecule has 1 amide bonds. The topological polar surface area (TPSA) is 64.3 Å². The highest BCUT2D eigenvalue weighted by molar-refractivity contribution is 5.84. The Hall–Kier alpha value is -1.39. The fourth-order valence-electron chi connectivity index (χ4n) is 2.35. The molecule has 0 heterocycles. The number of hydrogen-bond donors (Lipinski definition) is 2. The van der Waals surface area contributed by atoms with Crippen LogP contribution in [-0.4, -0.2) is 30.7 Å². The molecule has 1 saturated carbocycles. The molecule has 0 bridgehead atoms. The second-order valence-corrected chi connectivity index (χ2v) is 6.07. The number of benzene rings is 1. The van der Waals surface area contributed by atoms with Gasteiger partial charge in [-0.2, -0.15) is 0 Å². The predicted molar refractivity (Wildman–Crippen MR) is 84.0 cm³/mol. The summed E-state index contributed by atoms with van der Waals surface area (Å²) >= 11 is 0. The van der Waals surface area contributed by atoms with E-state index in [0.717, 1.165) is 25.7 Å². The predicted octanol–water partition coefficient (Wildman–Crippen LogP) is 2.02. The minimum absolute atomic E-state index is 0.290. The van der Waals surface area contributed by atoms with Gasteiger partial charge in [0.25, 0.3) is 0 Å². The maximum atomic E-state index is 11.6. The molecule has 0 aliphatic heterocycles. The Bertz CT molecular complexity index is 445. The summed E-state index contributed by atoms with van der Waals surface area (Å²) in [6, 6.07) is 10.8. The van der Waals surface area contributed by atoms with Crippen molar-refractivity contribution in [2.75, 3.05) is 13.2 Å². The average Bonchev–Trinajstić information content (AvgIpc) is 3.27. The van der Waals surface area contributed by atoms with E-state index in [2.05, 4.69) is 29.6 Å². The van der Waals surface area contributed by atoms with Crippen LogP contribution in [0.2, 0.25) is 0 Å². The van der Waals surface area contributed by atoms with Crippen molar-refractivity contribution >= 4 is 5.91 Å². The van der Waals surface area contributed by atoms with Crippen LogP contribution in [0.3, 0.4) is 0 Å². The van der Waals surface area contributed by atoms with Gasteiger partial charge in [0.15, 0.2) is 0 Å². The van der Waals surface area contributed by atoms with Gasteiger partial charge in [0.1, 0.15) is 0 Å². The Morgan fingerprint density at radius 1 is 1.33 bits per heavy atom. The minimum Gasteiger partial charge on any atom is -0.381 e. The highest BCUT2D eigenvalue weighted by atomic mass is 16.5. The summed E-state index contributed by atoms with van der Waals surface area (Å²) in [7, 11) is 0. The number of amides is 1. The van der Waals surface area contributed by atoms with Crippen LogP contribution in [-0.2, 0) is 16.0 Å². The molecule has 0 aromatic heterocycles. The van der Waals surface area contributed by atoms with E-state index in [1.165, 1.54) is 5.56 Å². The lowest BCUT2D eigenvalue weighted by Crippen LogP contribution is -2.54. The van der Waals surface area contributed by atoms with Gasteiger partial charge in [0, 0.05) is 19.3 Å². The Balaban J connectivity index is 1.60. The number of rotatable bonds is 10. The molecule has 1 aromatic rings. The van der Waals surface area contributed by atoms with E-state index in [4.69, 9.17) is 10.5 Å². The number of nitrogens with one attached hydrogen (secondary N) is 1. The Morgan fingerprint density at radius 3 is 2.67 bits per heavy atom. The minimum atomic E-state index is -0.638. The van der Waals surface area contributed by atoms with Crippen molar-refractivity contribution in [1.82, 2.24) is 5.32 Å². The van der Waals surface area contributed by atoms with Crippen LogP contribution in [0, 0.1) is 0 Å². The normalized spacial score (nSPS) is 17.4. The maximum absolute atomic E-state index is 11.6. The molecule has 4 heteroatoms. The molecule has 0 spiro atoms. The summed E-state index contributed by atoms with van der Waals surface area (Å²) in [6.07, 6.45) is 4.92. The second-order valence-electron chi connectivity index (χ2n) is 6.07. The first-order valence-corrected chi connectivity index (χ1v) is 7.79. The molecule has 21 heavy (non-hydrogen) atoms. The van der Waals surface area contributed by atoms with Gasteiger partial charge < -0.3 is 15.8 Å². The largest absolute Gasteiger partial charge is 0.381 e. The summed E-state index contributed by atoms with van der Waals surface area (Å²) in [6.45, 7) is 3.15. The van der Waals surface area contributed by atoms with Crippen LogP contribution < -0.4 is 11.1 Å². The molecule has 1 unspecified atom stereocenters. The summed E-state index contributed by atoms with van der Waals surface area (Å²) in [4.78, 5) is 11.6. The lowest BCUT2D eigenvalue weighted by molar-refractivity contribution is -0.124. The molecular weight excluding hydrogens is 264 g/mol. The molecule has 1 fully saturated rings. The molecule has 3 N–H and O–H groups in total. The Labute approximate surface area is 127 Å². The van der Waals surface area contributed by atoms with Gasteiger partial charge in [-0.3, -0.25) is 4.79 Å². The number of aryl methyl sites for hydroxylation is 1. The van der Waals surface area contributed by atoms with Crippen molar-refractivity contribution in [2.45, 2.75) is 50.6 Å². The number of hydrogen-bond acceptors (Lipinski definition) is 3. The number of ether oxygens (including phenoxy) is 1. The zero-order chi connectivity index (χ0) is 15.1. The van der Waals surface area contributed by atoms with Crippen LogP contribution in [0.1, 0.15) is 38.2 Å². The molecule has 0 saturated heterocycles. The second kappa shape index (κ2) is 7.57. The quantitative estimate of drug-likeness (QED) is 0.648. The van der Waals surface area contributed by atoms with Crippen molar-refractivity contribution in [3.63, 3.8) is 0 Å². The third-order valence-electron chi connectivity index (χ3n) is 3.99.